The van der Waals surface area contributed by atoms with Gasteiger partial charge in [-0.25, -0.2) is 0 Å². The van der Waals surface area contributed by atoms with Crippen LogP contribution in [0.25, 0.3) is 10.8 Å². The quantitative estimate of drug-likeness (QED) is 0.592. The Bertz CT molecular complexity index is 751. The number of benzene rings is 3. The second-order valence-electron chi connectivity index (χ2n) is 4.37. The summed E-state index contributed by atoms with van der Waals surface area (Å²) in [6.45, 7) is 0. The highest BCUT2D eigenvalue weighted by Gasteiger charge is 2.05. The second kappa shape index (κ2) is 5.53. The highest BCUT2D eigenvalue weighted by atomic mass is 16.5. The lowest BCUT2D eigenvalue weighted by Gasteiger charge is -2.06. The summed E-state index contributed by atoms with van der Waals surface area (Å²) < 4.78 is 5.37. The van der Waals surface area contributed by atoms with E-state index in [1.165, 1.54) is 0 Å². The van der Waals surface area contributed by atoms with E-state index >= 15 is 0 Å². The third-order valence-electron chi connectivity index (χ3n) is 3.11. The maximum Gasteiger partial charge on any atom is 0.126 e. The van der Waals surface area contributed by atoms with E-state index in [9.17, 15) is 0 Å². The molecule has 0 fully saturated rings. The maximum absolute atomic E-state index is 5.37. The number of ether oxygens (including phenoxy) is 1. The summed E-state index contributed by atoms with van der Waals surface area (Å²) in [4.78, 5) is 0. The number of hydrogen-bond donors (Lipinski definition) is 0. The van der Waals surface area contributed by atoms with E-state index in [-0.39, 0.29) is 0 Å². The normalized spacial score (nSPS) is 11.1. The van der Waals surface area contributed by atoms with Crippen LogP contribution in [0.2, 0.25) is 0 Å². The summed E-state index contributed by atoms with van der Waals surface area (Å²) in [5.74, 6) is 0.847. The fourth-order valence-electron chi connectivity index (χ4n) is 2.13. The minimum atomic E-state index is 0.838. The van der Waals surface area contributed by atoms with Crippen molar-refractivity contribution in [1.82, 2.24) is 0 Å². The van der Waals surface area contributed by atoms with Gasteiger partial charge in [0.05, 0.1) is 18.5 Å². The monoisotopic (exact) mass is 262 g/mol. The number of nitrogens with zero attached hydrogens (tertiary/aromatic N) is 2. The van der Waals surface area contributed by atoms with Crippen molar-refractivity contribution in [2.45, 2.75) is 0 Å². The topological polar surface area (TPSA) is 34.0 Å². The van der Waals surface area contributed by atoms with Crippen molar-refractivity contribution in [3.05, 3.63) is 66.7 Å². The van der Waals surface area contributed by atoms with E-state index in [0.29, 0.717) is 0 Å². The fourth-order valence-corrected chi connectivity index (χ4v) is 2.13. The van der Waals surface area contributed by atoms with Gasteiger partial charge in [-0.3, -0.25) is 0 Å². The van der Waals surface area contributed by atoms with E-state index < -0.39 is 0 Å². The highest BCUT2D eigenvalue weighted by Crippen LogP contribution is 2.33. The zero-order valence-electron chi connectivity index (χ0n) is 11.2. The first-order valence-electron chi connectivity index (χ1n) is 6.41. The van der Waals surface area contributed by atoms with Gasteiger partial charge in [0.2, 0.25) is 0 Å². The Hall–Kier alpha value is -2.68. The van der Waals surface area contributed by atoms with Gasteiger partial charge in [0.25, 0.3) is 0 Å². The van der Waals surface area contributed by atoms with E-state index in [4.69, 9.17) is 4.74 Å². The van der Waals surface area contributed by atoms with Crippen LogP contribution in [0, 0.1) is 0 Å². The average Bonchev–Trinajstić information content (AvgIpc) is 2.53. The average molecular weight is 262 g/mol. The van der Waals surface area contributed by atoms with Crippen LogP contribution in [-0.2, 0) is 0 Å². The molecule has 0 saturated carbocycles. The molecule has 0 saturated heterocycles. The molecule has 98 valence electrons. The molecule has 3 aromatic carbocycles. The molecule has 0 bridgehead atoms. The summed E-state index contributed by atoms with van der Waals surface area (Å²) in [6, 6.07) is 21.6. The molecule has 20 heavy (non-hydrogen) atoms. The lowest BCUT2D eigenvalue weighted by atomic mass is 10.1. The minimum absolute atomic E-state index is 0.838. The van der Waals surface area contributed by atoms with Gasteiger partial charge in [-0.15, -0.1) is 5.11 Å². The Kier molecular flexibility index (Phi) is 3.42. The predicted octanol–water partition coefficient (Wildman–Crippen LogP) is 5.26. The van der Waals surface area contributed by atoms with Gasteiger partial charge in [-0.1, -0.05) is 42.5 Å². The van der Waals surface area contributed by atoms with Crippen molar-refractivity contribution < 1.29 is 4.74 Å². The van der Waals surface area contributed by atoms with Crippen molar-refractivity contribution in [1.29, 1.82) is 0 Å². The van der Waals surface area contributed by atoms with Gasteiger partial charge in [-0.05, 0) is 24.3 Å². The van der Waals surface area contributed by atoms with E-state index in [1.807, 2.05) is 66.7 Å². The number of hydrogen-bond acceptors (Lipinski definition) is 3. The summed E-state index contributed by atoms with van der Waals surface area (Å²) in [6.07, 6.45) is 0. The molecule has 3 rings (SSSR count). The van der Waals surface area contributed by atoms with Crippen LogP contribution >= 0.6 is 0 Å². The summed E-state index contributed by atoms with van der Waals surface area (Å²) in [7, 11) is 1.67. The lowest BCUT2D eigenvalue weighted by Crippen LogP contribution is -1.84. The smallest absolute Gasteiger partial charge is 0.126 e. The molecule has 0 amide bonds. The standard InChI is InChI=1S/C17H14N2O/c1-20-17-12-11-16(14-9-5-6-10-15(14)17)19-18-13-7-3-2-4-8-13/h2-12H,1H3. The van der Waals surface area contributed by atoms with Crippen LogP contribution in [0.4, 0.5) is 11.4 Å². The molecular weight excluding hydrogens is 248 g/mol. The van der Waals surface area contributed by atoms with Crippen LogP contribution in [0.5, 0.6) is 5.75 Å². The Morgan fingerprint density at radius 2 is 1.40 bits per heavy atom. The molecule has 0 heterocycles. The van der Waals surface area contributed by atoms with Gasteiger partial charge in [-0.2, -0.15) is 5.11 Å². The zero-order chi connectivity index (χ0) is 13.8. The summed E-state index contributed by atoms with van der Waals surface area (Å²) in [5, 5.41) is 10.7. The molecule has 0 spiro atoms. The Morgan fingerprint density at radius 3 is 2.15 bits per heavy atom. The largest absolute Gasteiger partial charge is 0.496 e. The maximum atomic E-state index is 5.37. The Balaban J connectivity index is 2.07. The van der Waals surface area contributed by atoms with Crippen molar-refractivity contribution in [2.75, 3.05) is 7.11 Å². The fraction of sp³-hybridized carbons (Fsp3) is 0.0588. The minimum Gasteiger partial charge on any atom is -0.496 e. The van der Waals surface area contributed by atoms with Gasteiger partial charge in [0.15, 0.2) is 0 Å². The molecule has 3 aromatic rings. The van der Waals surface area contributed by atoms with E-state index in [2.05, 4.69) is 10.2 Å². The Labute approximate surface area is 117 Å². The Morgan fingerprint density at radius 1 is 0.700 bits per heavy atom. The summed E-state index contributed by atoms with van der Waals surface area (Å²) in [5.41, 5.74) is 1.68. The third-order valence-corrected chi connectivity index (χ3v) is 3.11. The number of fused-ring (bicyclic) bond motifs is 1. The van der Waals surface area contributed by atoms with Crippen LogP contribution < -0.4 is 4.74 Å². The zero-order valence-corrected chi connectivity index (χ0v) is 11.2. The molecule has 0 N–H and O–H groups in total. The molecule has 3 heteroatoms. The van der Waals surface area contributed by atoms with Crippen LogP contribution in [0.3, 0.4) is 0 Å². The van der Waals surface area contributed by atoms with Crippen LogP contribution in [-0.4, -0.2) is 7.11 Å². The molecule has 0 aliphatic rings. The number of rotatable bonds is 3. The molecule has 3 nitrogen and oxygen atoms in total. The van der Waals surface area contributed by atoms with E-state index in [0.717, 1.165) is 27.9 Å². The predicted molar refractivity (Wildman–Crippen MR) is 81.1 cm³/mol. The van der Waals surface area contributed by atoms with Crippen LogP contribution in [0.1, 0.15) is 0 Å². The highest BCUT2D eigenvalue weighted by molar-refractivity contribution is 5.96. The van der Waals surface area contributed by atoms with Crippen molar-refractivity contribution in [2.24, 2.45) is 10.2 Å². The van der Waals surface area contributed by atoms with Gasteiger partial charge >= 0.3 is 0 Å². The van der Waals surface area contributed by atoms with E-state index in [1.54, 1.807) is 7.11 Å². The molecule has 0 radical (unpaired) electrons. The van der Waals surface area contributed by atoms with Crippen molar-refractivity contribution in [3.8, 4) is 5.75 Å². The third kappa shape index (κ3) is 2.38. The lowest BCUT2D eigenvalue weighted by molar-refractivity contribution is 0.420. The first-order chi connectivity index (χ1) is 9.88. The van der Waals surface area contributed by atoms with Gasteiger partial charge in [0, 0.05) is 10.8 Å². The second-order valence-corrected chi connectivity index (χ2v) is 4.37. The molecule has 0 unspecified atom stereocenters. The molecule has 0 aliphatic heterocycles. The van der Waals surface area contributed by atoms with Gasteiger partial charge < -0.3 is 4.74 Å². The van der Waals surface area contributed by atoms with Crippen molar-refractivity contribution in [3.63, 3.8) is 0 Å². The number of azo groups is 1. The number of methoxy groups -OCH3 is 1. The first-order valence-corrected chi connectivity index (χ1v) is 6.41. The molecule has 0 atom stereocenters. The van der Waals surface area contributed by atoms with Crippen molar-refractivity contribution >= 4 is 22.1 Å². The van der Waals surface area contributed by atoms with Crippen LogP contribution in [0.15, 0.2) is 77.0 Å². The molecule has 0 aliphatic carbocycles. The van der Waals surface area contributed by atoms with Gasteiger partial charge in [0.1, 0.15) is 5.75 Å². The molecular formula is C17H14N2O. The first kappa shape index (κ1) is 12.4. The SMILES string of the molecule is COc1ccc(N=Nc2ccccc2)c2ccccc12. The molecule has 0 aromatic heterocycles. The summed E-state index contributed by atoms with van der Waals surface area (Å²) >= 11 is 0.